The molecule has 11 heteroatoms. The summed E-state index contributed by atoms with van der Waals surface area (Å²) in [5, 5.41) is 5.07. The topological polar surface area (TPSA) is 103 Å². The lowest BCUT2D eigenvalue weighted by molar-refractivity contribution is -0.150. The highest BCUT2D eigenvalue weighted by atomic mass is 32.4. The molecule has 2 aliphatic heterocycles. The predicted octanol–water partition coefficient (Wildman–Crippen LogP) is 4.56. The van der Waals surface area contributed by atoms with Crippen LogP contribution >= 0.6 is 6.19 Å². The van der Waals surface area contributed by atoms with Crippen molar-refractivity contribution in [3.63, 3.8) is 0 Å². The Bertz CT molecular complexity index is 1600. The number of nitrogens with zero attached hydrogens (tertiary/aromatic N) is 1. The molecule has 0 saturated carbocycles. The fourth-order valence-electron chi connectivity index (χ4n) is 5.22. The smallest absolute Gasteiger partial charge is 0.417 e. The molecule has 2 aliphatic rings. The number of fused-ring (bicyclic) bond motifs is 1. The minimum Gasteiger partial charge on any atom is -0.486 e. The van der Waals surface area contributed by atoms with Gasteiger partial charge in [0.1, 0.15) is 18.8 Å². The molecule has 5 rings (SSSR count). The van der Waals surface area contributed by atoms with Crippen molar-refractivity contribution in [2.75, 3.05) is 26.4 Å². The van der Waals surface area contributed by atoms with Gasteiger partial charge in [0.15, 0.2) is 17.0 Å². The van der Waals surface area contributed by atoms with Gasteiger partial charge in [-0.15, -0.1) is 0 Å². The van der Waals surface area contributed by atoms with Gasteiger partial charge in [0.05, 0.1) is 24.9 Å². The van der Waals surface area contributed by atoms with Crippen molar-refractivity contribution >= 4 is 46.6 Å². The van der Waals surface area contributed by atoms with Gasteiger partial charge >= 0.3 is 12.1 Å². The van der Waals surface area contributed by atoms with E-state index in [-0.39, 0.29) is 31.1 Å². The molecule has 3 aromatic rings. The van der Waals surface area contributed by atoms with Crippen molar-refractivity contribution in [2.24, 2.45) is 0 Å². The van der Waals surface area contributed by atoms with Crippen molar-refractivity contribution in [3.8, 4) is 11.5 Å². The van der Waals surface area contributed by atoms with E-state index in [4.69, 9.17) is 30.8 Å². The monoisotopic (exact) mass is 634 g/mol. The molecule has 3 aromatic carbocycles. The molecule has 0 spiro atoms. The van der Waals surface area contributed by atoms with Gasteiger partial charge in [-0.2, -0.15) is 0 Å². The average molecular weight is 635 g/mol. The van der Waals surface area contributed by atoms with Gasteiger partial charge in [-0.3, -0.25) is 9.88 Å². The second-order valence-electron chi connectivity index (χ2n) is 11.2. The van der Waals surface area contributed by atoms with Crippen LogP contribution in [0.3, 0.4) is 0 Å². The summed E-state index contributed by atoms with van der Waals surface area (Å²) in [5.41, 5.74) is -2.58. The summed E-state index contributed by atoms with van der Waals surface area (Å²) in [7, 11) is 0. The number of amides is 2. The van der Waals surface area contributed by atoms with Crippen LogP contribution in [0.2, 0.25) is 0 Å². The van der Waals surface area contributed by atoms with Crippen LogP contribution in [0, 0.1) is 0 Å². The molecule has 0 aromatic heterocycles. The molecule has 1 atom stereocenters. The molecule has 0 aliphatic carbocycles. The van der Waals surface area contributed by atoms with E-state index >= 15 is 0 Å². The Labute approximate surface area is 262 Å². The zero-order valence-electron chi connectivity index (χ0n) is 25.1. The number of imide groups is 1. The van der Waals surface area contributed by atoms with E-state index in [0.717, 1.165) is 15.5 Å². The minimum absolute atomic E-state index is 0.0193. The zero-order chi connectivity index (χ0) is 31.5. The molecule has 44 heavy (non-hydrogen) atoms. The first-order valence-electron chi connectivity index (χ1n) is 14.3. The van der Waals surface area contributed by atoms with E-state index in [1.54, 1.807) is 52.0 Å². The van der Waals surface area contributed by atoms with E-state index in [0.29, 0.717) is 17.9 Å². The highest BCUT2D eigenvalue weighted by Crippen LogP contribution is 2.51. The highest BCUT2D eigenvalue weighted by Gasteiger charge is 2.56. The molecule has 0 bridgehead atoms. The minimum atomic E-state index is -3.12. The first-order chi connectivity index (χ1) is 21.0. The van der Waals surface area contributed by atoms with Crippen LogP contribution in [-0.4, -0.2) is 54.8 Å². The number of carbonyl (C=O) groups excluding carboxylic acids is 3. The summed E-state index contributed by atoms with van der Waals surface area (Å²) in [6, 6.07) is 24.0. The Balaban J connectivity index is 1.79. The average Bonchev–Trinajstić information content (AvgIpc) is 3.41. The van der Waals surface area contributed by atoms with Crippen molar-refractivity contribution in [1.82, 2.24) is 9.99 Å². The maximum atomic E-state index is 14.6. The van der Waals surface area contributed by atoms with Gasteiger partial charge in [0.2, 0.25) is 0 Å². The highest BCUT2D eigenvalue weighted by molar-refractivity contribution is 8.21. The van der Waals surface area contributed by atoms with Gasteiger partial charge in [0.25, 0.3) is 5.91 Å². The third kappa shape index (κ3) is 5.89. The van der Waals surface area contributed by atoms with Crippen LogP contribution in [0.5, 0.6) is 11.5 Å². The Hall–Kier alpha value is -3.98. The number of nitrogens with one attached hydrogen (secondary N) is 1. The van der Waals surface area contributed by atoms with Gasteiger partial charge in [-0.25, -0.2) is 14.5 Å². The number of esters is 1. The second-order valence-corrected chi connectivity index (χ2v) is 15.3. The lowest BCUT2D eigenvalue weighted by Crippen LogP contribution is -2.55. The number of hydrogen-bond donors (Lipinski definition) is 1. The first-order valence-corrected chi connectivity index (χ1v) is 17.1. The molecule has 2 amide bonds. The summed E-state index contributed by atoms with van der Waals surface area (Å²) in [4.78, 5) is 43.1. The summed E-state index contributed by atoms with van der Waals surface area (Å²) >= 11 is 6.54. The van der Waals surface area contributed by atoms with Crippen LogP contribution in [0.1, 0.15) is 33.3 Å². The zero-order valence-corrected chi connectivity index (χ0v) is 26.8. The predicted molar refractivity (Wildman–Crippen MR) is 171 cm³/mol. The fourth-order valence-corrected chi connectivity index (χ4v) is 8.90. The standard InChI is InChI=1S/C33H35N2O7PS/c1-5-39-30(37)33(25-17-12-18-27-28(25)41-22-21-40-27,26-19-20-35(29(26)36)31(38)42-32(2,3)4)34-43(44,23-13-8-6-9-14-23)24-15-10-7-11-16-24/h6-19H,5,20-22H2,1-4H3,(H,34,44). The maximum absolute atomic E-state index is 14.6. The van der Waals surface area contributed by atoms with Crippen molar-refractivity contribution in [2.45, 2.75) is 38.8 Å². The third-order valence-corrected chi connectivity index (χ3v) is 11.3. The SMILES string of the molecule is CCOC(=O)C(NP(=S)(c1ccccc1)c1ccccc1)(C1=CCN(C(=O)OC(C)(C)C)C1=O)c1cccc2c1OCCO2. The van der Waals surface area contributed by atoms with E-state index in [1.165, 1.54) is 0 Å². The first kappa shape index (κ1) is 31.4. The largest absolute Gasteiger partial charge is 0.486 e. The van der Waals surface area contributed by atoms with Gasteiger partial charge < -0.3 is 18.9 Å². The number of benzene rings is 3. The van der Waals surface area contributed by atoms with Crippen molar-refractivity contribution in [3.05, 3.63) is 96.1 Å². The Morgan fingerprint density at radius 1 is 0.932 bits per heavy atom. The Kier molecular flexibility index (Phi) is 8.97. The molecule has 0 fully saturated rings. The van der Waals surface area contributed by atoms with Gasteiger partial charge in [-0.05, 0) is 33.8 Å². The third-order valence-electron chi connectivity index (χ3n) is 7.09. The second kappa shape index (κ2) is 12.6. The molecule has 2 heterocycles. The lowest BCUT2D eigenvalue weighted by atomic mass is 9.82. The molecule has 1 unspecified atom stereocenters. The van der Waals surface area contributed by atoms with Crippen LogP contribution in [-0.2, 0) is 36.4 Å². The summed E-state index contributed by atoms with van der Waals surface area (Å²) in [6.45, 7) is 7.28. The van der Waals surface area contributed by atoms with Gasteiger partial charge in [0, 0.05) is 16.2 Å². The number of hydrogen-bond acceptors (Lipinski definition) is 8. The molecule has 230 valence electrons. The quantitative estimate of drug-likeness (QED) is 0.282. The van der Waals surface area contributed by atoms with Crippen LogP contribution in [0.15, 0.2) is 90.5 Å². The van der Waals surface area contributed by atoms with Crippen LogP contribution < -0.4 is 25.2 Å². The summed E-state index contributed by atoms with van der Waals surface area (Å²) in [5.74, 6) is -0.788. The Morgan fingerprint density at radius 3 is 2.14 bits per heavy atom. The maximum Gasteiger partial charge on any atom is 0.417 e. The molecular weight excluding hydrogens is 599 g/mol. The van der Waals surface area contributed by atoms with Gasteiger partial charge in [-0.1, -0.05) is 90.7 Å². The number of ether oxygens (including phenoxy) is 4. The molecular formula is C33H35N2O7PS. The van der Waals surface area contributed by atoms with E-state index in [9.17, 15) is 14.4 Å². The van der Waals surface area contributed by atoms with Crippen LogP contribution in [0.25, 0.3) is 0 Å². The number of carbonyl (C=O) groups is 3. The molecule has 0 radical (unpaired) electrons. The molecule has 0 saturated heterocycles. The van der Waals surface area contributed by atoms with Crippen LogP contribution in [0.4, 0.5) is 4.79 Å². The Morgan fingerprint density at radius 2 is 1.55 bits per heavy atom. The molecule has 9 nitrogen and oxygen atoms in total. The van der Waals surface area contributed by atoms with Crippen molar-refractivity contribution < 1.29 is 33.3 Å². The fraction of sp³-hybridized carbons (Fsp3) is 0.303. The van der Waals surface area contributed by atoms with E-state index < -0.39 is 35.3 Å². The lowest BCUT2D eigenvalue weighted by Gasteiger charge is -2.40. The normalized spacial score (nSPS) is 16.1. The van der Waals surface area contributed by atoms with E-state index in [2.05, 4.69) is 5.09 Å². The summed E-state index contributed by atoms with van der Waals surface area (Å²) < 4.78 is 23.3. The summed E-state index contributed by atoms with van der Waals surface area (Å²) in [6.07, 6.45) is -2.40. The molecule has 1 N–H and O–H groups in total. The number of para-hydroxylation sites is 1. The van der Waals surface area contributed by atoms with E-state index in [1.807, 2.05) is 60.7 Å². The van der Waals surface area contributed by atoms with Crippen molar-refractivity contribution in [1.29, 1.82) is 0 Å². The number of rotatable bonds is 8.